The Balaban J connectivity index is 1.63. The summed E-state index contributed by atoms with van der Waals surface area (Å²) in [6.07, 6.45) is 2.87. The number of amides is 1. The number of carbonyl (C=O) groups excluding carboxylic acids is 1. The lowest BCUT2D eigenvalue weighted by molar-refractivity contribution is 0.102. The predicted octanol–water partition coefficient (Wildman–Crippen LogP) is 3.74. The Bertz CT molecular complexity index is 1090. The number of H-pyrrole nitrogens is 1. The molecule has 2 aromatic carbocycles. The third-order valence-electron chi connectivity index (χ3n) is 3.71. The number of benzene rings is 2. The lowest BCUT2D eigenvalue weighted by Gasteiger charge is -2.02. The molecular formula is C17H11FIN5O. The molecule has 2 heterocycles. The Kier molecular flexibility index (Phi) is 3.96. The molecule has 0 unspecified atom stereocenters. The maximum atomic E-state index is 13.8. The fourth-order valence-electron chi connectivity index (χ4n) is 2.51. The molecule has 1 amide bonds. The van der Waals surface area contributed by atoms with Crippen LogP contribution in [0.1, 0.15) is 10.4 Å². The second-order valence-corrected chi connectivity index (χ2v) is 6.48. The molecule has 0 spiro atoms. The second kappa shape index (κ2) is 6.28. The number of carbonyl (C=O) groups is 1. The molecule has 2 aromatic heterocycles. The van der Waals surface area contributed by atoms with Gasteiger partial charge in [0.25, 0.3) is 5.91 Å². The van der Waals surface area contributed by atoms with Gasteiger partial charge in [0.05, 0.1) is 22.7 Å². The summed E-state index contributed by atoms with van der Waals surface area (Å²) in [4.78, 5) is 12.5. The molecule has 8 heteroatoms. The zero-order valence-electron chi connectivity index (χ0n) is 12.7. The first-order chi connectivity index (χ1) is 12.1. The summed E-state index contributed by atoms with van der Waals surface area (Å²) in [7, 11) is 0. The molecule has 6 nitrogen and oxygen atoms in total. The normalized spacial score (nSPS) is 11.0. The van der Waals surface area contributed by atoms with Gasteiger partial charge in [0, 0.05) is 9.77 Å². The highest BCUT2D eigenvalue weighted by Crippen LogP contribution is 2.26. The maximum Gasteiger partial charge on any atom is 0.260 e. The van der Waals surface area contributed by atoms with Crippen LogP contribution >= 0.6 is 22.6 Å². The minimum atomic E-state index is -0.412. The molecule has 25 heavy (non-hydrogen) atoms. The molecule has 0 atom stereocenters. The summed E-state index contributed by atoms with van der Waals surface area (Å²) in [5, 5.41) is 14.7. The van der Waals surface area contributed by atoms with E-state index in [1.54, 1.807) is 18.2 Å². The molecule has 0 saturated carbocycles. The monoisotopic (exact) mass is 447 g/mol. The summed E-state index contributed by atoms with van der Waals surface area (Å²) in [5.74, 6) is -0.329. The molecule has 4 aromatic rings. The summed E-state index contributed by atoms with van der Waals surface area (Å²) in [6, 6.07) is 12.0. The minimum absolute atomic E-state index is 0.279. The number of fused-ring (bicyclic) bond motifs is 1. The quantitative estimate of drug-likeness (QED) is 0.470. The van der Waals surface area contributed by atoms with Gasteiger partial charge in [-0.2, -0.15) is 10.2 Å². The summed E-state index contributed by atoms with van der Waals surface area (Å²) in [5.41, 5.74) is 1.43. The van der Waals surface area contributed by atoms with Gasteiger partial charge in [-0.25, -0.2) is 9.07 Å². The van der Waals surface area contributed by atoms with E-state index in [-0.39, 0.29) is 11.6 Å². The van der Waals surface area contributed by atoms with Crippen molar-refractivity contribution in [2.75, 3.05) is 5.32 Å². The van der Waals surface area contributed by atoms with Gasteiger partial charge in [-0.3, -0.25) is 9.89 Å². The van der Waals surface area contributed by atoms with Crippen molar-refractivity contribution in [3.8, 4) is 5.69 Å². The number of rotatable bonds is 3. The predicted molar refractivity (Wildman–Crippen MR) is 100 cm³/mol. The lowest BCUT2D eigenvalue weighted by atomic mass is 10.2. The second-order valence-electron chi connectivity index (χ2n) is 5.31. The largest absolute Gasteiger partial charge is 0.304 e. The van der Waals surface area contributed by atoms with Gasteiger partial charge in [-0.1, -0.05) is 18.2 Å². The third kappa shape index (κ3) is 2.88. The van der Waals surface area contributed by atoms with E-state index < -0.39 is 5.82 Å². The van der Waals surface area contributed by atoms with E-state index in [9.17, 15) is 9.18 Å². The fraction of sp³-hybridized carbons (Fsp3) is 0. The highest BCUT2D eigenvalue weighted by atomic mass is 127. The Morgan fingerprint density at radius 2 is 2.04 bits per heavy atom. The first-order valence-corrected chi connectivity index (χ1v) is 8.45. The van der Waals surface area contributed by atoms with Crippen LogP contribution in [0.25, 0.3) is 16.6 Å². The van der Waals surface area contributed by atoms with E-state index in [1.165, 1.54) is 23.1 Å². The zero-order chi connectivity index (χ0) is 17.4. The molecule has 0 saturated heterocycles. The molecule has 4 rings (SSSR count). The first kappa shape index (κ1) is 15.8. The summed E-state index contributed by atoms with van der Waals surface area (Å²) in [6.45, 7) is 0. The van der Waals surface area contributed by atoms with Crippen LogP contribution in [0.2, 0.25) is 0 Å². The van der Waals surface area contributed by atoms with Crippen LogP contribution in [0.4, 0.5) is 10.2 Å². The molecular weight excluding hydrogens is 436 g/mol. The van der Waals surface area contributed by atoms with Crippen LogP contribution in [-0.4, -0.2) is 25.9 Å². The van der Waals surface area contributed by atoms with Crippen molar-refractivity contribution in [2.45, 2.75) is 0 Å². The average Bonchev–Trinajstić information content (AvgIpc) is 3.24. The van der Waals surface area contributed by atoms with Crippen LogP contribution in [0.5, 0.6) is 0 Å². The SMILES string of the molecule is O=C(Nc1n[nH]c2cccc(I)c12)c1cnn(-c2ccccc2F)c1. The van der Waals surface area contributed by atoms with Crippen molar-refractivity contribution in [1.29, 1.82) is 0 Å². The van der Waals surface area contributed by atoms with E-state index in [0.29, 0.717) is 11.4 Å². The molecule has 124 valence electrons. The third-order valence-corrected chi connectivity index (χ3v) is 4.61. The topological polar surface area (TPSA) is 75.6 Å². The Hall–Kier alpha value is -2.75. The Labute approximate surface area is 155 Å². The summed E-state index contributed by atoms with van der Waals surface area (Å²) >= 11 is 2.19. The number of halogens is 2. The molecule has 0 bridgehead atoms. The van der Waals surface area contributed by atoms with Crippen molar-refractivity contribution in [3.05, 3.63) is 69.8 Å². The van der Waals surface area contributed by atoms with Gasteiger partial charge in [0.2, 0.25) is 0 Å². The van der Waals surface area contributed by atoms with Gasteiger partial charge in [-0.05, 0) is 46.9 Å². The average molecular weight is 447 g/mol. The van der Waals surface area contributed by atoms with E-state index in [2.05, 4.69) is 43.2 Å². The number of anilines is 1. The number of nitrogens with zero attached hydrogens (tertiary/aromatic N) is 3. The van der Waals surface area contributed by atoms with Crippen LogP contribution in [0.15, 0.2) is 54.9 Å². The molecule has 0 fully saturated rings. The van der Waals surface area contributed by atoms with E-state index in [1.807, 2.05) is 18.2 Å². The number of para-hydroxylation sites is 1. The smallest absolute Gasteiger partial charge is 0.260 e. The zero-order valence-corrected chi connectivity index (χ0v) is 14.9. The van der Waals surface area contributed by atoms with Crippen molar-refractivity contribution in [3.63, 3.8) is 0 Å². The standard InChI is InChI=1S/C17H11FIN5O/c18-11-4-1-2-7-14(11)24-9-10(8-20-24)17(25)21-16-15-12(19)5-3-6-13(15)22-23-16/h1-9H,(H2,21,22,23,25). The van der Waals surface area contributed by atoms with Gasteiger partial charge in [0.15, 0.2) is 5.82 Å². The van der Waals surface area contributed by atoms with E-state index >= 15 is 0 Å². The van der Waals surface area contributed by atoms with Crippen LogP contribution < -0.4 is 5.32 Å². The number of hydrogen-bond acceptors (Lipinski definition) is 3. The number of hydrogen-bond donors (Lipinski definition) is 2. The van der Waals surface area contributed by atoms with Crippen LogP contribution in [0, 0.1) is 9.39 Å². The molecule has 0 aliphatic rings. The Morgan fingerprint density at radius 3 is 2.88 bits per heavy atom. The highest BCUT2D eigenvalue weighted by molar-refractivity contribution is 14.1. The molecule has 0 aliphatic heterocycles. The lowest BCUT2D eigenvalue weighted by Crippen LogP contribution is -2.12. The number of nitrogens with one attached hydrogen (secondary N) is 2. The van der Waals surface area contributed by atoms with Crippen LogP contribution in [-0.2, 0) is 0 Å². The maximum absolute atomic E-state index is 13.8. The highest BCUT2D eigenvalue weighted by Gasteiger charge is 2.15. The number of aromatic amines is 1. The van der Waals surface area contributed by atoms with Crippen molar-refractivity contribution >= 4 is 45.2 Å². The van der Waals surface area contributed by atoms with Gasteiger partial charge < -0.3 is 5.32 Å². The van der Waals surface area contributed by atoms with Crippen molar-refractivity contribution < 1.29 is 9.18 Å². The summed E-state index contributed by atoms with van der Waals surface area (Å²) < 4.78 is 16.1. The fourth-order valence-corrected chi connectivity index (χ4v) is 3.26. The van der Waals surface area contributed by atoms with Crippen molar-refractivity contribution in [1.82, 2.24) is 20.0 Å². The van der Waals surface area contributed by atoms with Crippen LogP contribution in [0.3, 0.4) is 0 Å². The van der Waals surface area contributed by atoms with Gasteiger partial charge in [0.1, 0.15) is 11.5 Å². The van der Waals surface area contributed by atoms with Gasteiger partial charge in [-0.15, -0.1) is 0 Å². The van der Waals surface area contributed by atoms with E-state index in [4.69, 9.17) is 0 Å². The molecule has 0 aliphatic carbocycles. The van der Waals surface area contributed by atoms with Gasteiger partial charge >= 0.3 is 0 Å². The molecule has 2 N–H and O–H groups in total. The minimum Gasteiger partial charge on any atom is -0.304 e. The Morgan fingerprint density at radius 1 is 1.20 bits per heavy atom. The van der Waals surface area contributed by atoms with E-state index in [0.717, 1.165) is 14.5 Å². The number of aromatic nitrogens is 4. The first-order valence-electron chi connectivity index (χ1n) is 7.37. The molecule has 0 radical (unpaired) electrons. The van der Waals surface area contributed by atoms with Crippen molar-refractivity contribution in [2.24, 2.45) is 0 Å².